The summed E-state index contributed by atoms with van der Waals surface area (Å²) >= 11 is 3.17. The van der Waals surface area contributed by atoms with Crippen LogP contribution in [-0.4, -0.2) is 41.8 Å². The van der Waals surface area contributed by atoms with Crippen molar-refractivity contribution in [1.29, 1.82) is 0 Å². The molecule has 18 heteroatoms. The molecule has 3 aromatic rings. The van der Waals surface area contributed by atoms with Crippen LogP contribution in [0.2, 0.25) is 0 Å². The number of carbonyl (C=O) groups excluding carboxylic acids is 2. The van der Waals surface area contributed by atoms with Gasteiger partial charge in [-0.3, -0.25) is 9.69 Å². The van der Waals surface area contributed by atoms with E-state index in [1.54, 1.807) is 6.92 Å². The van der Waals surface area contributed by atoms with Crippen LogP contribution in [0.15, 0.2) is 47.1 Å². The zero-order chi connectivity index (χ0) is 37.7. The van der Waals surface area contributed by atoms with Gasteiger partial charge in [0.1, 0.15) is 0 Å². The number of hydrogen-bond donors (Lipinski definition) is 1. The Morgan fingerprint density at radius 2 is 1.57 bits per heavy atom. The van der Waals surface area contributed by atoms with Crippen LogP contribution in [0.4, 0.5) is 55.9 Å². The van der Waals surface area contributed by atoms with Crippen molar-refractivity contribution in [3.05, 3.63) is 80.6 Å². The minimum Gasteiger partial charge on any atom is -0.469 e. The van der Waals surface area contributed by atoms with E-state index in [-0.39, 0.29) is 64.4 Å². The largest absolute Gasteiger partial charge is 0.469 e. The van der Waals surface area contributed by atoms with Crippen LogP contribution in [0, 0.1) is 0 Å². The molecule has 2 atom stereocenters. The minimum atomic E-state index is -5.06. The SMILES string of the molecule is CC[C@@H]1C[C@H](Nc2ncc(Br)c(Cc3cc(C(F)(F)F)cc(C(F)(F)F)c3)n2)c2cc(C(F)(F)F)ccc2N1C(=O)OCCCCCC(=O)OC. The lowest BCUT2D eigenvalue weighted by Crippen LogP contribution is -2.46. The Hall–Kier alpha value is -4.09. The monoisotopic (exact) mass is 798 g/mol. The Labute approximate surface area is 294 Å². The van der Waals surface area contributed by atoms with E-state index in [1.165, 1.54) is 18.2 Å². The number of unbranched alkanes of at least 4 members (excludes halogenated alkanes) is 2. The molecule has 1 aromatic heterocycles. The number of alkyl halides is 9. The highest BCUT2D eigenvalue weighted by Gasteiger charge is 2.40. The number of carbonyl (C=O) groups is 2. The molecule has 51 heavy (non-hydrogen) atoms. The van der Waals surface area contributed by atoms with Crippen molar-refractivity contribution in [3.63, 3.8) is 0 Å². The number of rotatable bonds is 11. The van der Waals surface area contributed by atoms with Crippen LogP contribution < -0.4 is 10.2 Å². The molecule has 1 aliphatic rings. The van der Waals surface area contributed by atoms with Crippen LogP contribution in [0.3, 0.4) is 0 Å². The molecule has 2 aromatic carbocycles. The number of ether oxygens (including phenoxy) is 2. The van der Waals surface area contributed by atoms with E-state index in [4.69, 9.17) is 4.74 Å². The molecular weight excluding hydrogens is 767 g/mol. The highest BCUT2D eigenvalue weighted by molar-refractivity contribution is 9.10. The molecule has 1 aliphatic heterocycles. The minimum absolute atomic E-state index is 0.00353. The van der Waals surface area contributed by atoms with Crippen molar-refractivity contribution >= 4 is 39.6 Å². The molecule has 0 saturated carbocycles. The third-order valence-corrected chi connectivity index (χ3v) is 8.81. The Morgan fingerprint density at radius 1 is 0.922 bits per heavy atom. The van der Waals surface area contributed by atoms with Crippen molar-refractivity contribution in [1.82, 2.24) is 9.97 Å². The molecular formula is C33H32BrF9N4O4. The van der Waals surface area contributed by atoms with E-state index in [9.17, 15) is 49.1 Å². The van der Waals surface area contributed by atoms with Gasteiger partial charge >= 0.3 is 30.6 Å². The van der Waals surface area contributed by atoms with Crippen LogP contribution in [0.25, 0.3) is 0 Å². The summed E-state index contributed by atoms with van der Waals surface area (Å²) in [6.07, 6.45) is -12.8. The maximum Gasteiger partial charge on any atom is 0.416 e. The van der Waals surface area contributed by atoms with E-state index in [0.29, 0.717) is 37.8 Å². The first-order chi connectivity index (χ1) is 23.8. The summed E-state index contributed by atoms with van der Waals surface area (Å²) in [4.78, 5) is 34.3. The number of amides is 1. The van der Waals surface area contributed by atoms with E-state index in [1.807, 2.05) is 0 Å². The second-order valence-corrected chi connectivity index (χ2v) is 12.6. The predicted molar refractivity (Wildman–Crippen MR) is 170 cm³/mol. The molecule has 0 unspecified atom stereocenters. The first-order valence-corrected chi connectivity index (χ1v) is 16.4. The Bertz CT molecular complexity index is 1680. The number of halogens is 10. The molecule has 2 heterocycles. The van der Waals surface area contributed by atoms with Crippen LogP contribution >= 0.6 is 15.9 Å². The third-order valence-electron chi connectivity index (χ3n) is 8.15. The molecule has 8 nitrogen and oxygen atoms in total. The lowest BCUT2D eigenvalue weighted by Gasteiger charge is -2.40. The summed E-state index contributed by atoms with van der Waals surface area (Å²) < 4.78 is 132. The lowest BCUT2D eigenvalue weighted by atomic mass is 9.89. The first kappa shape index (κ1) is 39.7. The third kappa shape index (κ3) is 10.3. The van der Waals surface area contributed by atoms with Gasteiger partial charge in [0.05, 0.1) is 52.3 Å². The molecule has 0 saturated heterocycles. The van der Waals surface area contributed by atoms with Gasteiger partial charge < -0.3 is 14.8 Å². The summed E-state index contributed by atoms with van der Waals surface area (Å²) in [5, 5.41) is 2.96. The molecule has 0 bridgehead atoms. The van der Waals surface area contributed by atoms with Gasteiger partial charge in [-0.15, -0.1) is 0 Å². The summed E-state index contributed by atoms with van der Waals surface area (Å²) in [6.45, 7) is 1.76. The number of fused-ring (bicyclic) bond motifs is 1. The molecule has 0 spiro atoms. The molecule has 0 aliphatic carbocycles. The second kappa shape index (κ2) is 16.1. The number of anilines is 2. The fraction of sp³-hybridized carbons (Fsp3) is 0.455. The van der Waals surface area contributed by atoms with E-state index >= 15 is 0 Å². The van der Waals surface area contributed by atoms with Crippen molar-refractivity contribution in [2.24, 2.45) is 0 Å². The predicted octanol–water partition coefficient (Wildman–Crippen LogP) is 9.90. The number of aromatic nitrogens is 2. The van der Waals surface area contributed by atoms with E-state index < -0.39 is 59.8 Å². The summed E-state index contributed by atoms with van der Waals surface area (Å²) in [7, 11) is 1.27. The van der Waals surface area contributed by atoms with Gasteiger partial charge in [-0.25, -0.2) is 14.8 Å². The number of esters is 1. The quantitative estimate of drug-likeness (QED) is 0.117. The number of benzene rings is 2. The topological polar surface area (TPSA) is 93.7 Å². The van der Waals surface area contributed by atoms with Crippen LogP contribution in [-0.2, 0) is 39.2 Å². The Balaban J connectivity index is 1.62. The fourth-order valence-corrected chi connectivity index (χ4v) is 5.94. The fourth-order valence-electron chi connectivity index (χ4n) is 5.61. The van der Waals surface area contributed by atoms with Crippen molar-refractivity contribution in [2.75, 3.05) is 23.9 Å². The van der Waals surface area contributed by atoms with E-state index in [2.05, 4.69) is 36.0 Å². The summed E-state index contributed by atoms with van der Waals surface area (Å²) in [5.74, 6) is -0.536. The first-order valence-electron chi connectivity index (χ1n) is 15.6. The maximum absolute atomic E-state index is 13.8. The van der Waals surface area contributed by atoms with Crippen LogP contribution in [0.5, 0.6) is 0 Å². The van der Waals surface area contributed by atoms with Crippen molar-refractivity contribution in [2.45, 2.75) is 82.5 Å². The Kier molecular flexibility index (Phi) is 12.5. The van der Waals surface area contributed by atoms with Gasteiger partial charge in [-0.1, -0.05) is 6.92 Å². The number of methoxy groups -OCH3 is 1. The summed E-state index contributed by atoms with van der Waals surface area (Å²) in [6, 6.07) is 2.56. The molecule has 0 radical (unpaired) electrons. The zero-order valence-corrected chi connectivity index (χ0v) is 28.7. The average Bonchev–Trinajstić information content (AvgIpc) is 3.05. The maximum atomic E-state index is 13.8. The van der Waals surface area contributed by atoms with Crippen molar-refractivity contribution < 1.29 is 58.6 Å². The van der Waals surface area contributed by atoms with Gasteiger partial charge in [-0.2, -0.15) is 39.5 Å². The lowest BCUT2D eigenvalue weighted by molar-refractivity contribution is -0.143. The normalized spacial score (nSPS) is 16.4. The van der Waals surface area contributed by atoms with Gasteiger partial charge in [0.25, 0.3) is 0 Å². The van der Waals surface area contributed by atoms with Gasteiger partial charge in [0.2, 0.25) is 5.95 Å². The smallest absolute Gasteiger partial charge is 0.416 e. The molecule has 4 rings (SSSR count). The molecule has 278 valence electrons. The summed E-state index contributed by atoms with van der Waals surface area (Å²) in [5.41, 5.74) is -4.14. The molecule has 0 fully saturated rings. The Morgan fingerprint density at radius 3 is 2.16 bits per heavy atom. The number of nitrogens with one attached hydrogen (secondary N) is 1. The second-order valence-electron chi connectivity index (χ2n) is 11.7. The number of hydrogen-bond acceptors (Lipinski definition) is 7. The zero-order valence-electron chi connectivity index (χ0n) is 27.1. The number of nitrogens with zero attached hydrogens (tertiary/aromatic N) is 3. The highest BCUT2D eigenvalue weighted by Crippen LogP contribution is 2.43. The van der Waals surface area contributed by atoms with Gasteiger partial charge in [0, 0.05) is 25.1 Å². The van der Waals surface area contributed by atoms with Gasteiger partial charge in [-0.05, 0) is 95.6 Å². The highest BCUT2D eigenvalue weighted by atomic mass is 79.9. The van der Waals surface area contributed by atoms with Crippen molar-refractivity contribution in [3.8, 4) is 0 Å². The molecule has 1 N–H and O–H groups in total. The standard InChI is InChI=1S/C33H32BrF9N4O4/c1-3-22-16-25(23-15-19(31(35,36)37)8-9-27(23)47(22)30(49)51-10-6-4-5-7-28(48)50-2)45-29-44-17-24(34)26(46-29)13-18-11-20(32(38,39)40)14-21(12-18)33(41,42)43/h8-9,11-12,14-15,17,22,25H,3-7,10,13,16H2,1-2H3,(H,44,45,46)/t22-,25+/m1/s1. The van der Waals surface area contributed by atoms with E-state index in [0.717, 1.165) is 18.2 Å². The molecule has 1 amide bonds. The average molecular weight is 800 g/mol. The van der Waals surface area contributed by atoms with Gasteiger partial charge in [0.15, 0.2) is 0 Å². The van der Waals surface area contributed by atoms with Crippen LogP contribution in [0.1, 0.15) is 85.0 Å².